The lowest BCUT2D eigenvalue weighted by atomic mass is 10.2. The van der Waals surface area contributed by atoms with Crippen molar-refractivity contribution in [1.82, 2.24) is 10.9 Å². The molecule has 0 heterocycles. The number of hydrogen-bond donors (Lipinski definition) is 4. The third-order valence-corrected chi connectivity index (χ3v) is 1.16. The Labute approximate surface area is 61.6 Å². The van der Waals surface area contributed by atoms with Gasteiger partial charge in [-0.25, -0.2) is 0 Å². The highest BCUT2D eigenvalue weighted by Gasteiger charge is 1.82. The lowest BCUT2D eigenvalue weighted by molar-refractivity contribution is 0.650. The SMILES string of the molecule is NNC=CCCCCNN. The van der Waals surface area contributed by atoms with E-state index in [9.17, 15) is 0 Å². The molecule has 60 valence electrons. The van der Waals surface area contributed by atoms with Gasteiger partial charge in [0.25, 0.3) is 0 Å². The summed E-state index contributed by atoms with van der Waals surface area (Å²) in [6.45, 7) is 0.879. The fraction of sp³-hybridized carbons (Fsp3) is 0.667. The summed E-state index contributed by atoms with van der Waals surface area (Å²) in [4.78, 5) is 0. The Morgan fingerprint density at radius 3 is 2.60 bits per heavy atom. The fourth-order valence-corrected chi connectivity index (χ4v) is 0.641. The van der Waals surface area contributed by atoms with Crippen LogP contribution in [0.4, 0.5) is 0 Å². The van der Waals surface area contributed by atoms with Crippen LogP contribution in [0.25, 0.3) is 0 Å². The van der Waals surface area contributed by atoms with Crippen LogP contribution in [0, 0.1) is 0 Å². The molecule has 0 aromatic heterocycles. The highest BCUT2D eigenvalue weighted by atomic mass is 15.2. The van der Waals surface area contributed by atoms with Crippen molar-refractivity contribution in [3.05, 3.63) is 12.3 Å². The van der Waals surface area contributed by atoms with Gasteiger partial charge in [-0.2, -0.15) is 0 Å². The van der Waals surface area contributed by atoms with Crippen molar-refractivity contribution in [2.75, 3.05) is 6.54 Å². The largest absolute Gasteiger partial charge is 0.332 e. The summed E-state index contributed by atoms with van der Waals surface area (Å²) < 4.78 is 0. The van der Waals surface area contributed by atoms with Crippen LogP contribution in [-0.2, 0) is 0 Å². The molecule has 0 spiro atoms. The van der Waals surface area contributed by atoms with Gasteiger partial charge in [-0.3, -0.25) is 17.1 Å². The fourth-order valence-electron chi connectivity index (χ4n) is 0.641. The second-order valence-electron chi connectivity index (χ2n) is 2.02. The van der Waals surface area contributed by atoms with Gasteiger partial charge in [0.2, 0.25) is 0 Å². The average Bonchev–Trinajstić information content (AvgIpc) is 1.97. The van der Waals surface area contributed by atoms with Gasteiger partial charge in [0, 0.05) is 12.7 Å². The lowest BCUT2D eigenvalue weighted by Gasteiger charge is -1.95. The van der Waals surface area contributed by atoms with Gasteiger partial charge in [-0.15, -0.1) is 0 Å². The molecule has 0 atom stereocenters. The molecule has 0 aliphatic rings. The Bertz CT molecular complexity index is 81.8. The number of rotatable bonds is 6. The summed E-state index contributed by atoms with van der Waals surface area (Å²) in [6, 6.07) is 0. The highest BCUT2D eigenvalue weighted by Crippen LogP contribution is 1.93. The summed E-state index contributed by atoms with van der Waals surface area (Å²) >= 11 is 0. The molecule has 0 bridgehead atoms. The average molecular weight is 144 g/mol. The van der Waals surface area contributed by atoms with Crippen LogP contribution in [0.15, 0.2) is 12.3 Å². The first kappa shape index (κ1) is 9.42. The second kappa shape index (κ2) is 8.42. The number of nitrogens with two attached hydrogens (primary N) is 2. The number of unbranched alkanes of at least 4 members (excludes halogenated alkanes) is 2. The van der Waals surface area contributed by atoms with Gasteiger partial charge in [-0.05, 0) is 19.3 Å². The molecule has 0 saturated carbocycles. The van der Waals surface area contributed by atoms with Gasteiger partial charge in [-0.1, -0.05) is 6.08 Å². The molecule has 6 N–H and O–H groups in total. The van der Waals surface area contributed by atoms with Crippen LogP contribution in [0.1, 0.15) is 19.3 Å². The standard InChI is InChI=1S/C6H16N4/c7-9-5-3-1-2-4-6-10-8/h3,5,9-10H,1-2,4,6-8H2. The summed E-state index contributed by atoms with van der Waals surface area (Å²) in [5, 5.41) is 0. The van der Waals surface area contributed by atoms with Crippen LogP contribution in [0.2, 0.25) is 0 Å². The molecule has 0 aliphatic carbocycles. The van der Waals surface area contributed by atoms with Gasteiger partial charge in [0.15, 0.2) is 0 Å². The van der Waals surface area contributed by atoms with Crippen LogP contribution in [0.3, 0.4) is 0 Å². The van der Waals surface area contributed by atoms with Gasteiger partial charge in [0.05, 0.1) is 0 Å². The van der Waals surface area contributed by atoms with Crippen molar-refractivity contribution in [1.29, 1.82) is 0 Å². The summed E-state index contributed by atoms with van der Waals surface area (Å²) in [7, 11) is 0. The minimum atomic E-state index is 0.879. The molecule has 0 aromatic rings. The molecule has 0 saturated heterocycles. The zero-order valence-electron chi connectivity index (χ0n) is 6.14. The lowest BCUT2D eigenvalue weighted by Crippen LogP contribution is -2.22. The second-order valence-corrected chi connectivity index (χ2v) is 2.02. The monoisotopic (exact) mass is 144 g/mol. The van der Waals surface area contributed by atoms with Crippen molar-refractivity contribution >= 4 is 0 Å². The third kappa shape index (κ3) is 7.42. The molecule has 0 amide bonds. The van der Waals surface area contributed by atoms with E-state index in [1.807, 2.05) is 6.08 Å². The molecule has 0 fully saturated rings. The first-order chi connectivity index (χ1) is 4.91. The van der Waals surface area contributed by atoms with Gasteiger partial charge >= 0.3 is 0 Å². The predicted octanol–water partition coefficient (Wildman–Crippen LogP) is -0.403. The third-order valence-electron chi connectivity index (χ3n) is 1.16. The topological polar surface area (TPSA) is 76.1 Å². The van der Waals surface area contributed by atoms with E-state index in [2.05, 4.69) is 10.9 Å². The van der Waals surface area contributed by atoms with Crippen molar-refractivity contribution in [2.45, 2.75) is 19.3 Å². The smallest absolute Gasteiger partial charge is 0.00975 e. The normalized spacial score (nSPS) is 10.6. The molecule has 0 unspecified atom stereocenters. The Morgan fingerprint density at radius 1 is 1.20 bits per heavy atom. The Balaban J connectivity index is 2.83. The molecule has 4 nitrogen and oxygen atoms in total. The minimum absolute atomic E-state index is 0.879. The molecule has 0 aliphatic heterocycles. The van der Waals surface area contributed by atoms with Gasteiger partial charge < -0.3 is 5.43 Å². The molecule has 4 heteroatoms. The molecule has 0 radical (unpaired) electrons. The maximum atomic E-state index is 5.07. The number of hydrogen-bond acceptors (Lipinski definition) is 4. The Kier molecular flexibility index (Phi) is 7.93. The van der Waals surface area contributed by atoms with Crippen molar-refractivity contribution in [3.8, 4) is 0 Å². The maximum Gasteiger partial charge on any atom is 0.00975 e. The van der Waals surface area contributed by atoms with Crippen LogP contribution >= 0.6 is 0 Å². The number of nitrogens with one attached hydrogen (secondary N) is 2. The molecule has 0 aromatic carbocycles. The van der Waals surface area contributed by atoms with Crippen molar-refractivity contribution in [3.63, 3.8) is 0 Å². The number of allylic oxidation sites excluding steroid dienone is 1. The van der Waals surface area contributed by atoms with Crippen LogP contribution < -0.4 is 22.5 Å². The highest BCUT2D eigenvalue weighted by molar-refractivity contribution is 4.76. The Hall–Kier alpha value is -0.580. The van der Waals surface area contributed by atoms with Crippen LogP contribution in [0.5, 0.6) is 0 Å². The van der Waals surface area contributed by atoms with Crippen LogP contribution in [-0.4, -0.2) is 6.54 Å². The van der Waals surface area contributed by atoms with E-state index in [0.29, 0.717) is 0 Å². The van der Waals surface area contributed by atoms with E-state index in [4.69, 9.17) is 11.7 Å². The predicted molar refractivity (Wildman–Crippen MR) is 42.5 cm³/mol. The van der Waals surface area contributed by atoms with E-state index in [-0.39, 0.29) is 0 Å². The molecular weight excluding hydrogens is 128 g/mol. The van der Waals surface area contributed by atoms with E-state index in [1.165, 1.54) is 0 Å². The van der Waals surface area contributed by atoms with E-state index in [0.717, 1.165) is 25.8 Å². The van der Waals surface area contributed by atoms with E-state index < -0.39 is 0 Å². The first-order valence-electron chi connectivity index (χ1n) is 3.46. The Morgan fingerprint density at radius 2 is 2.00 bits per heavy atom. The quantitative estimate of drug-likeness (QED) is 0.232. The van der Waals surface area contributed by atoms with Crippen molar-refractivity contribution in [2.24, 2.45) is 11.7 Å². The molecular formula is C6H16N4. The minimum Gasteiger partial charge on any atom is -0.332 e. The zero-order valence-corrected chi connectivity index (χ0v) is 6.14. The summed E-state index contributed by atoms with van der Waals surface area (Å²) in [6.07, 6.45) is 7.02. The number of hydrazine groups is 2. The van der Waals surface area contributed by atoms with Gasteiger partial charge in [0.1, 0.15) is 0 Å². The maximum absolute atomic E-state index is 5.07. The molecule has 10 heavy (non-hydrogen) atoms. The first-order valence-corrected chi connectivity index (χ1v) is 3.46. The summed E-state index contributed by atoms with van der Waals surface area (Å²) in [5.74, 6) is 10.1. The van der Waals surface area contributed by atoms with Crippen molar-refractivity contribution < 1.29 is 0 Å². The zero-order chi connectivity index (χ0) is 7.66. The van der Waals surface area contributed by atoms with E-state index >= 15 is 0 Å². The molecule has 0 rings (SSSR count). The van der Waals surface area contributed by atoms with E-state index in [1.54, 1.807) is 6.20 Å². The summed E-state index contributed by atoms with van der Waals surface area (Å²) in [5.41, 5.74) is 5.03.